The maximum absolute atomic E-state index is 13.6. The zero-order valence-electron chi connectivity index (χ0n) is 14.2. The Morgan fingerprint density at radius 3 is 2.69 bits per heavy atom. The molecular weight excluding hydrogens is 337 g/mol. The van der Waals surface area contributed by atoms with E-state index in [1.807, 2.05) is 0 Å². The van der Waals surface area contributed by atoms with E-state index in [4.69, 9.17) is 0 Å². The Hall–Kier alpha value is -3.22. The number of carbonyl (C=O) groups is 3. The largest absolute Gasteiger partial charge is 0.348 e. The van der Waals surface area contributed by atoms with Crippen molar-refractivity contribution in [1.82, 2.24) is 15.5 Å². The normalized spacial score (nSPS) is 13.7. The van der Waals surface area contributed by atoms with Gasteiger partial charge in [-0.1, -0.05) is 30.3 Å². The molecule has 134 valence electrons. The third-order valence-electron chi connectivity index (χ3n) is 4.22. The van der Waals surface area contributed by atoms with Crippen LogP contribution in [0.4, 0.5) is 9.18 Å². The van der Waals surface area contributed by atoms with Crippen LogP contribution in [0.25, 0.3) is 0 Å². The van der Waals surface area contributed by atoms with E-state index in [1.54, 1.807) is 43.3 Å². The zero-order chi connectivity index (χ0) is 18.7. The maximum atomic E-state index is 13.6. The number of halogens is 1. The topological polar surface area (TPSA) is 78.5 Å². The Kier molecular flexibility index (Phi) is 4.97. The van der Waals surface area contributed by atoms with Crippen molar-refractivity contribution in [2.45, 2.75) is 20.0 Å². The molecule has 0 atom stereocenters. The molecule has 2 N–H and O–H groups in total. The first-order chi connectivity index (χ1) is 12.5. The SMILES string of the molecule is Cc1ccc(CNC(=O)c2ccccc2CN2C(=O)CNC2=O)cc1F. The number of amides is 4. The molecule has 1 fully saturated rings. The number of carbonyl (C=O) groups excluding carboxylic acids is 3. The van der Waals surface area contributed by atoms with E-state index >= 15 is 0 Å². The van der Waals surface area contributed by atoms with Crippen LogP contribution in [-0.4, -0.2) is 29.3 Å². The third kappa shape index (κ3) is 3.72. The molecule has 1 aliphatic heterocycles. The van der Waals surface area contributed by atoms with Crippen molar-refractivity contribution < 1.29 is 18.8 Å². The van der Waals surface area contributed by atoms with Crippen LogP contribution in [0.2, 0.25) is 0 Å². The lowest BCUT2D eigenvalue weighted by Crippen LogP contribution is -2.32. The van der Waals surface area contributed by atoms with Gasteiger partial charge in [-0.2, -0.15) is 0 Å². The quantitative estimate of drug-likeness (QED) is 0.807. The minimum atomic E-state index is -0.472. The molecule has 1 saturated heterocycles. The minimum Gasteiger partial charge on any atom is -0.348 e. The Labute approximate surface area is 150 Å². The molecule has 3 rings (SSSR count). The number of benzene rings is 2. The van der Waals surface area contributed by atoms with Crippen molar-refractivity contribution >= 4 is 17.8 Å². The number of urea groups is 1. The van der Waals surface area contributed by atoms with Crippen LogP contribution in [0.1, 0.15) is 27.0 Å². The summed E-state index contributed by atoms with van der Waals surface area (Å²) < 4.78 is 13.6. The fourth-order valence-corrected chi connectivity index (χ4v) is 2.69. The summed E-state index contributed by atoms with van der Waals surface area (Å²) in [6, 6.07) is 11.1. The Bertz CT molecular complexity index is 866. The summed E-state index contributed by atoms with van der Waals surface area (Å²) in [7, 11) is 0. The summed E-state index contributed by atoms with van der Waals surface area (Å²) in [5, 5.41) is 5.19. The molecule has 0 aliphatic carbocycles. The van der Waals surface area contributed by atoms with Crippen LogP contribution >= 0.6 is 0 Å². The predicted octanol–water partition coefficient (Wildman–Crippen LogP) is 2.12. The highest BCUT2D eigenvalue weighted by atomic mass is 19.1. The molecule has 0 bridgehead atoms. The third-order valence-corrected chi connectivity index (χ3v) is 4.22. The van der Waals surface area contributed by atoms with E-state index in [1.165, 1.54) is 6.07 Å². The second-order valence-electron chi connectivity index (χ2n) is 6.06. The molecule has 6 nitrogen and oxygen atoms in total. The van der Waals surface area contributed by atoms with E-state index in [9.17, 15) is 18.8 Å². The minimum absolute atomic E-state index is 0.0212. The van der Waals surface area contributed by atoms with Gasteiger partial charge in [-0.3, -0.25) is 14.5 Å². The first-order valence-corrected chi connectivity index (χ1v) is 8.15. The maximum Gasteiger partial charge on any atom is 0.324 e. The fourth-order valence-electron chi connectivity index (χ4n) is 2.69. The number of hydrogen-bond donors (Lipinski definition) is 2. The second-order valence-corrected chi connectivity index (χ2v) is 6.06. The van der Waals surface area contributed by atoms with Crippen molar-refractivity contribution in [1.29, 1.82) is 0 Å². The molecule has 0 saturated carbocycles. The van der Waals surface area contributed by atoms with Gasteiger partial charge in [-0.15, -0.1) is 0 Å². The Balaban J connectivity index is 1.72. The molecular formula is C19H18FN3O3. The highest BCUT2D eigenvalue weighted by Gasteiger charge is 2.29. The van der Waals surface area contributed by atoms with E-state index < -0.39 is 6.03 Å². The molecule has 26 heavy (non-hydrogen) atoms. The number of hydrogen-bond acceptors (Lipinski definition) is 3. The van der Waals surface area contributed by atoms with Crippen molar-refractivity contribution in [2.24, 2.45) is 0 Å². The van der Waals surface area contributed by atoms with Crippen LogP contribution in [0.3, 0.4) is 0 Å². The van der Waals surface area contributed by atoms with E-state index in [0.29, 0.717) is 22.3 Å². The summed E-state index contributed by atoms with van der Waals surface area (Å²) in [6.07, 6.45) is 0. The van der Waals surface area contributed by atoms with Gasteiger partial charge >= 0.3 is 6.03 Å². The molecule has 4 amide bonds. The second kappa shape index (κ2) is 7.35. The standard InChI is InChI=1S/C19H18FN3O3/c1-12-6-7-13(8-16(12)20)9-21-18(25)15-5-3-2-4-14(15)11-23-17(24)10-22-19(23)26/h2-8H,9-11H2,1H3,(H,21,25)(H,22,26). The summed E-state index contributed by atoms with van der Waals surface area (Å²) in [5.41, 5.74) is 2.12. The van der Waals surface area contributed by atoms with E-state index in [-0.39, 0.29) is 37.3 Å². The first-order valence-electron chi connectivity index (χ1n) is 8.15. The van der Waals surface area contributed by atoms with Crippen LogP contribution in [0.15, 0.2) is 42.5 Å². The van der Waals surface area contributed by atoms with Gasteiger partial charge < -0.3 is 10.6 Å². The zero-order valence-corrected chi connectivity index (χ0v) is 14.2. The Morgan fingerprint density at radius 1 is 1.23 bits per heavy atom. The lowest BCUT2D eigenvalue weighted by atomic mass is 10.1. The number of rotatable bonds is 5. The lowest BCUT2D eigenvalue weighted by Gasteiger charge is -2.15. The van der Waals surface area contributed by atoms with Crippen molar-refractivity contribution in [3.63, 3.8) is 0 Å². The highest BCUT2D eigenvalue weighted by molar-refractivity contribution is 6.02. The molecule has 1 heterocycles. The first kappa shape index (κ1) is 17.6. The summed E-state index contributed by atoms with van der Waals surface area (Å²) in [4.78, 5) is 37.0. The van der Waals surface area contributed by atoms with E-state index in [0.717, 1.165) is 4.90 Å². The molecule has 2 aromatic rings. The van der Waals surface area contributed by atoms with Gasteiger partial charge in [0, 0.05) is 12.1 Å². The average molecular weight is 355 g/mol. The summed E-state index contributed by atoms with van der Waals surface area (Å²) >= 11 is 0. The molecule has 0 spiro atoms. The van der Waals surface area contributed by atoms with Gasteiger partial charge in [0.25, 0.3) is 5.91 Å². The molecule has 0 radical (unpaired) electrons. The van der Waals surface area contributed by atoms with Crippen LogP contribution in [0.5, 0.6) is 0 Å². The van der Waals surface area contributed by atoms with Gasteiger partial charge in [0.05, 0.1) is 13.1 Å². The van der Waals surface area contributed by atoms with Crippen molar-refractivity contribution in [3.05, 3.63) is 70.5 Å². The van der Waals surface area contributed by atoms with Gasteiger partial charge in [0.15, 0.2) is 0 Å². The van der Waals surface area contributed by atoms with Crippen LogP contribution in [-0.2, 0) is 17.9 Å². The lowest BCUT2D eigenvalue weighted by molar-refractivity contribution is -0.125. The van der Waals surface area contributed by atoms with Crippen molar-refractivity contribution in [3.8, 4) is 0 Å². The Morgan fingerprint density at radius 2 is 2.00 bits per heavy atom. The summed E-state index contributed by atoms with van der Waals surface area (Å²) in [6.45, 7) is 1.83. The monoisotopic (exact) mass is 355 g/mol. The molecule has 1 aliphatic rings. The van der Waals surface area contributed by atoms with Gasteiger partial charge in [0.2, 0.25) is 5.91 Å². The average Bonchev–Trinajstić information content (AvgIpc) is 2.95. The molecule has 2 aromatic carbocycles. The fraction of sp³-hybridized carbons (Fsp3) is 0.211. The number of imide groups is 1. The number of nitrogens with one attached hydrogen (secondary N) is 2. The van der Waals surface area contributed by atoms with Gasteiger partial charge in [-0.05, 0) is 35.7 Å². The van der Waals surface area contributed by atoms with Gasteiger partial charge in [0.1, 0.15) is 5.82 Å². The van der Waals surface area contributed by atoms with Crippen LogP contribution in [0, 0.1) is 12.7 Å². The van der Waals surface area contributed by atoms with Crippen molar-refractivity contribution in [2.75, 3.05) is 6.54 Å². The van der Waals surface area contributed by atoms with Gasteiger partial charge in [-0.25, -0.2) is 9.18 Å². The molecule has 0 aromatic heterocycles. The molecule has 7 heteroatoms. The number of nitrogens with zero attached hydrogens (tertiary/aromatic N) is 1. The smallest absolute Gasteiger partial charge is 0.324 e. The highest BCUT2D eigenvalue weighted by Crippen LogP contribution is 2.15. The number of aryl methyl sites for hydroxylation is 1. The molecule has 0 unspecified atom stereocenters. The van der Waals surface area contributed by atoms with E-state index in [2.05, 4.69) is 10.6 Å². The summed E-state index contributed by atoms with van der Waals surface area (Å²) in [5.74, 6) is -1.01. The van der Waals surface area contributed by atoms with Crippen LogP contribution < -0.4 is 10.6 Å². The predicted molar refractivity (Wildman–Crippen MR) is 92.7 cm³/mol.